The molecule has 4 atom stereocenters. The summed E-state index contributed by atoms with van der Waals surface area (Å²) in [6.07, 6.45) is 2.29. The first-order valence-corrected chi connectivity index (χ1v) is 12.1. The molecule has 32 heavy (non-hydrogen) atoms. The maximum Gasteiger partial charge on any atom is 0.296 e. The van der Waals surface area contributed by atoms with E-state index in [4.69, 9.17) is 16.3 Å². The number of alkyl halides is 1. The van der Waals surface area contributed by atoms with Crippen LogP contribution in [0.3, 0.4) is 0 Å². The number of fused-ring (bicyclic) bond motifs is 1. The SMILES string of the molecule is CC(C)Cc1nnc(N2C(=O)C3=C(C(=O)C4CC(Cl)CCC4O3)C2c2ccc(F)cc2)s1. The molecule has 5 rings (SSSR count). The minimum absolute atomic E-state index is 0.0826. The van der Waals surface area contributed by atoms with Crippen molar-refractivity contribution in [3.8, 4) is 0 Å². The number of hydrogen-bond acceptors (Lipinski definition) is 6. The van der Waals surface area contributed by atoms with Crippen LogP contribution < -0.4 is 4.90 Å². The van der Waals surface area contributed by atoms with Gasteiger partial charge in [-0.15, -0.1) is 21.8 Å². The van der Waals surface area contributed by atoms with Crippen LogP contribution in [0.25, 0.3) is 0 Å². The number of ether oxygens (including phenoxy) is 1. The fourth-order valence-electron chi connectivity index (χ4n) is 4.75. The summed E-state index contributed by atoms with van der Waals surface area (Å²) in [7, 11) is 0. The Hall–Kier alpha value is -2.32. The number of hydrogen-bond donors (Lipinski definition) is 0. The highest BCUT2D eigenvalue weighted by Gasteiger charge is 2.53. The summed E-state index contributed by atoms with van der Waals surface area (Å²) in [6, 6.07) is 5.11. The molecular formula is C23H23ClFN3O3S. The topological polar surface area (TPSA) is 72.4 Å². The largest absolute Gasteiger partial charge is 0.483 e. The second-order valence-corrected chi connectivity index (χ2v) is 10.6. The van der Waals surface area contributed by atoms with Gasteiger partial charge in [0.05, 0.1) is 17.5 Å². The van der Waals surface area contributed by atoms with Gasteiger partial charge in [0, 0.05) is 11.8 Å². The monoisotopic (exact) mass is 475 g/mol. The van der Waals surface area contributed by atoms with Crippen molar-refractivity contribution >= 4 is 39.8 Å². The molecule has 3 aliphatic rings. The molecule has 9 heteroatoms. The molecule has 0 spiro atoms. The van der Waals surface area contributed by atoms with Crippen molar-refractivity contribution < 1.29 is 18.7 Å². The lowest BCUT2D eigenvalue weighted by Crippen LogP contribution is -2.41. The first-order valence-electron chi connectivity index (χ1n) is 10.8. The van der Waals surface area contributed by atoms with Gasteiger partial charge in [-0.1, -0.05) is 37.3 Å². The molecule has 1 aromatic heterocycles. The predicted molar refractivity (Wildman–Crippen MR) is 119 cm³/mol. The Morgan fingerprint density at radius 1 is 1.22 bits per heavy atom. The summed E-state index contributed by atoms with van der Waals surface area (Å²) in [5, 5.41) is 9.64. The van der Waals surface area contributed by atoms with Crippen molar-refractivity contribution in [1.29, 1.82) is 0 Å². The number of rotatable bonds is 4. The summed E-state index contributed by atoms with van der Waals surface area (Å²) in [6.45, 7) is 4.17. The zero-order valence-electron chi connectivity index (χ0n) is 17.8. The Morgan fingerprint density at radius 2 is 1.97 bits per heavy atom. The van der Waals surface area contributed by atoms with E-state index in [1.54, 1.807) is 12.1 Å². The van der Waals surface area contributed by atoms with Crippen LogP contribution in [0, 0.1) is 17.7 Å². The van der Waals surface area contributed by atoms with Crippen LogP contribution in [0.2, 0.25) is 0 Å². The van der Waals surface area contributed by atoms with Gasteiger partial charge in [-0.25, -0.2) is 4.39 Å². The molecule has 0 radical (unpaired) electrons. The fraction of sp³-hybridized carbons (Fsp3) is 0.478. The second kappa shape index (κ2) is 8.23. The summed E-state index contributed by atoms with van der Waals surface area (Å²) >= 11 is 7.68. The third kappa shape index (κ3) is 3.63. The molecule has 4 unspecified atom stereocenters. The maximum absolute atomic E-state index is 13.7. The highest BCUT2D eigenvalue weighted by atomic mass is 35.5. The van der Waals surface area contributed by atoms with E-state index >= 15 is 0 Å². The van der Waals surface area contributed by atoms with Crippen LogP contribution in [0.5, 0.6) is 0 Å². The van der Waals surface area contributed by atoms with E-state index in [-0.39, 0.29) is 28.9 Å². The number of Topliss-reactive ketones (excluding diaryl/α,β-unsaturated/α-hetero) is 1. The molecule has 0 N–H and O–H groups in total. The number of ketones is 1. The molecule has 1 fully saturated rings. The number of amides is 1. The minimum Gasteiger partial charge on any atom is -0.483 e. The van der Waals surface area contributed by atoms with E-state index in [1.165, 1.54) is 28.4 Å². The lowest BCUT2D eigenvalue weighted by atomic mass is 9.77. The standard InChI is InChI=1S/C23H23ClFN3O3S/c1-11(2)9-17-26-27-23(32-17)28-19(12-3-6-14(25)7-4-12)18-20(29)15-10-13(24)5-8-16(15)31-21(18)22(28)30/h3-4,6-7,11,13,15-16,19H,5,8-10H2,1-2H3. The molecule has 1 saturated carbocycles. The molecule has 3 heterocycles. The van der Waals surface area contributed by atoms with Crippen molar-refractivity contribution in [3.63, 3.8) is 0 Å². The predicted octanol–water partition coefficient (Wildman–Crippen LogP) is 4.59. The van der Waals surface area contributed by atoms with Gasteiger partial charge in [-0.3, -0.25) is 14.5 Å². The van der Waals surface area contributed by atoms with Crippen molar-refractivity contribution in [2.75, 3.05) is 4.90 Å². The Bertz CT molecular complexity index is 1100. The zero-order valence-corrected chi connectivity index (χ0v) is 19.3. The Balaban J connectivity index is 1.59. The molecule has 2 aliphatic heterocycles. The molecule has 0 bridgehead atoms. The molecular weight excluding hydrogens is 453 g/mol. The highest BCUT2D eigenvalue weighted by molar-refractivity contribution is 7.15. The number of halogens is 2. The van der Waals surface area contributed by atoms with Gasteiger partial charge in [0.25, 0.3) is 5.91 Å². The Labute approximate surface area is 194 Å². The molecule has 168 valence electrons. The van der Waals surface area contributed by atoms with Crippen LogP contribution >= 0.6 is 22.9 Å². The van der Waals surface area contributed by atoms with Crippen LogP contribution in [0.15, 0.2) is 35.6 Å². The fourth-order valence-corrected chi connectivity index (χ4v) is 6.14. The highest BCUT2D eigenvalue weighted by Crippen LogP contribution is 2.49. The van der Waals surface area contributed by atoms with E-state index in [0.717, 1.165) is 17.8 Å². The Morgan fingerprint density at radius 3 is 2.69 bits per heavy atom. The summed E-state index contributed by atoms with van der Waals surface area (Å²) < 4.78 is 19.8. The van der Waals surface area contributed by atoms with Crippen molar-refractivity contribution in [1.82, 2.24) is 10.2 Å². The third-order valence-corrected chi connectivity index (χ3v) is 7.56. The smallest absolute Gasteiger partial charge is 0.296 e. The minimum atomic E-state index is -0.734. The van der Waals surface area contributed by atoms with Crippen LogP contribution in [0.4, 0.5) is 9.52 Å². The lowest BCUT2D eigenvalue weighted by molar-refractivity contribution is -0.131. The van der Waals surface area contributed by atoms with Gasteiger partial charge in [0.2, 0.25) is 5.13 Å². The number of benzene rings is 1. The van der Waals surface area contributed by atoms with E-state index in [9.17, 15) is 14.0 Å². The van der Waals surface area contributed by atoms with Gasteiger partial charge < -0.3 is 4.74 Å². The first-order chi connectivity index (χ1) is 15.3. The average Bonchev–Trinajstić information content (AvgIpc) is 3.31. The summed E-state index contributed by atoms with van der Waals surface area (Å²) in [5.74, 6) is -0.816. The number of anilines is 1. The number of carbonyl (C=O) groups is 2. The zero-order chi connectivity index (χ0) is 22.6. The van der Waals surface area contributed by atoms with E-state index < -0.39 is 17.8 Å². The Kier molecular flexibility index (Phi) is 5.53. The summed E-state index contributed by atoms with van der Waals surface area (Å²) in [5.41, 5.74) is 0.938. The molecule has 2 aromatic rings. The van der Waals surface area contributed by atoms with Gasteiger partial charge in [0.1, 0.15) is 16.9 Å². The summed E-state index contributed by atoms with van der Waals surface area (Å²) in [4.78, 5) is 28.6. The molecule has 1 aliphatic carbocycles. The molecule has 0 saturated heterocycles. The van der Waals surface area contributed by atoms with Gasteiger partial charge >= 0.3 is 0 Å². The van der Waals surface area contributed by atoms with Crippen LogP contribution in [-0.2, 0) is 20.7 Å². The van der Waals surface area contributed by atoms with Gasteiger partial charge in [-0.2, -0.15) is 0 Å². The normalized spacial score (nSPS) is 27.6. The number of nitrogens with zero attached hydrogens (tertiary/aromatic N) is 3. The second-order valence-electron chi connectivity index (χ2n) is 8.99. The van der Waals surface area contributed by atoms with Gasteiger partial charge in [-0.05, 0) is 42.9 Å². The lowest BCUT2D eigenvalue weighted by Gasteiger charge is -2.37. The van der Waals surface area contributed by atoms with Gasteiger partial charge in [0.15, 0.2) is 11.5 Å². The van der Waals surface area contributed by atoms with E-state index in [2.05, 4.69) is 24.0 Å². The van der Waals surface area contributed by atoms with Crippen molar-refractivity contribution in [2.24, 2.45) is 11.8 Å². The number of carbonyl (C=O) groups excluding carboxylic acids is 2. The molecule has 1 amide bonds. The number of aromatic nitrogens is 2. The molecule has 1 aromatic carbocycles. The average molecular weight is 476 g/mol. The van der Waals surface area contributed by atoms with Crippen molar-refractivity contribution in [2.45, 2.75) is 57.1 Å². The van der Waals surface area contributed by atoms with Crippen molar-refractivity contribution in [3.05, 3.63) is 52.0 Å². The third-order valence-electron chi connectivity index (χ3n) is 6.21. The van der Waals surface area contributed by atoms with E-state index in [0.29, 0.717) is 35.0 Å². The molecule has 6 nitrogen and oxygen atoms in total. The van der Waals surface area contributed by atoms with E-state index in [1.807, 2.05) is 0 Å². The quantitative estimate of drug-likeness (QED) is 0.604. The van der Waals surface area contributed by atoms with Crippen LogP contribution in [0.1, 0.15) is 49.7 Å². The first kappa shape index (κ1) is 21.5. The van der Waals surface area contributed by atoms with Crippen LogP contribution in [-0.4, -0.2) is 33.4 Å². The maximum atomic E-state index is 13.7.